The van der Waals surface area contributed by atoms with Gasteiger partial charge in [-0.15, -0.1) is 0 Å². The van der Waals surface area contributed by atoms with Crippen LogP contribution in [0.25, 0.3) is 0 Å². The molecule has 2 atom stereocenters. The summed E-state index contributed by atoms with van der Waals surface area (Å²) in [4.78, 5) is 25.6. The molecule has 0 spiro atoms. The van der Waals surface area contributed by atoms with Crippen LogP contribution in [0.5, 0.6) is 0 Å². The van der Waals surface area contributed by atoms with Gasteiger partial charge in [-0.25, -0.2) is 0 Å². The number of rotatable bonds is 4. The summed E-state index contributed by atoms with van der Waals surface area (Å²) in [5, 5.41) is 2.79. The van der Waals surface area contributed by atoms with Crippen LogP contribution in [0, 0.1) is 0 Å². The van der Waals surface area contributed by atoms with E-state index in [4.69, 9.17) is 0 Å². The van der Waals surface area contributed by atoms with Crippen molar-refractivity contribution in [1.29, 1.82) is 0 Å². The molecule has 0 bridgehead atoms. The van der Waals surface area contributed by atoms with Gasteiger partial charge in [0.2, 0.25) is 11.8 Å². The number of nitrogens with zero attached hydrogens (tertiary/aromatic N) is 1. The summed E-state index contributed by atoms with van der Waals surface area (Å²) in [6.45, 7) is 8.03. The minimum absolute atomic E-state index is 0.0492. The van der Waals surface area contributed by atoms with E-state index in [0.29, 0.717) is 6.42 Å². The van der Waals surface area contributed by atoms with Crippen LogP contribution in [0.1, 0.15) is 47.0 Å². The Morgan fingerprint density at radius 2 is 2.06 bits per heavy atom. The van der Waals surface area contributed by atoms with Crippen molar-refractivity contribution in [1.82, 2.24) is 10.2 Å². The highest BCUT2D eigenvalue weighted by Gasteiger charge is 2.42. The summed E-state index contributed by atoms with van der Waals surface area (Å²) in [7, 11) is 0. The monoisotopic (exact) mass is 226 g/mol. The van der Waals surface area contributed by atoms with Crippen molar-refractivity contribution in [2.75, 3.05) is 6.54 Å². The molecule has 1 aliphatic rings. The fourth-order valence-electron chi connectivity index (χ4n) is 2.11. The zero-order valence-corrected chi connectivity index (χ0v) is 10.7. The van der Waals surface area contributed by atoms with Crippen LogP contribution in [-0.4, -0.2) is 34.8 Å². The highest BCUT2D eigenvalue weighted by molar-refractivity contribution is 5.97. The minimum atomic E-state index is -0.711. The van der Waals surface area contributed by atoms with E-state index in [0.717, 1.165) is 12.8 Å². The van der Waals surface area contributed by atoms with Gasteiger partial charge in [-0.05, 0) is 26.7 Å². The lowest BCUT2D eigenvalue weighted by atomic mass is 9.93. The first kappa shape index (κ1) is 13.0. The van der Waals surface area contributed by atoms with Gasteiger partial charge in [0.15, 0.2) is 0 Å². The summed E-state index contributed by atoms with van der Waals surface area (Å²) < 4.78 is 0. The molecule has 4 nitrogen and oxygen atoms in total. The lowest BCUT2D eigenvalue weighted by Gasteiger charge is -2.42. The second-order valence-corrected chi connectivity index (χ2v) is 4.80. The standard InChI is InChI=1S/C12H22N2O2/c1-5-7-9(3)14-8-10(15)13-12(4,6-2)11(14)16/h9H,5-8H2,1-4H3,(H,13,15). The first-order valence-corrected chi connectivity index (χ1v) is 6.06. The van der Waals surface area contributed by atoms with Crippen LogP contribution in [-0.2, 0) is 9.59 Å². The van der Waals surface area contributed by atoms with Crippen LogP contribution in [0.4, 0.5) is 0 Å². The molecule has 1 heterocycles. The summed E-state index contributed by atoms with van der Waals surface area (Å²) in [6, 6.07) is 0.148. The lowest BCUT2D eigenvalue weighted by Crippen LogP contribution is -2.66. The van der Waals surface area contributed by atoms with E-state index in [9.17, 15) is 9.59 Å². The Balaban J connectivity index is 2.85. The third-order valence-corrected chi connectivity index (χ3v) is 3.41. The van der Waals surface area contributed by atoms with Crippen molar-refractivity contribution in [2.24, 2.45) is 0 Å². The number of carbonyl (C=O) groups is 2. The Morgan fingerprint density at radius 3 is 2.56 bits per heavy atom. The Kier molecular flexibility index (Phi) is 3.94. The maximum atomic E-state index is 12.3. The molecule has 1 saturated heterocycles. The topological polar surface area (TPSA) is 49.4 Å². The van der Waals surface area contributed by atoms with Gasteiger partial charge in [-0.3, -0.25) is 9.59 Å². The van der Waals surface area contributed by atoms with E-state index in [2.05, 4.69) is 12.2 Å². The van der Waals surface area contributed by atoms with Crippen molar-refractivity contribution < 1.29 is 9.59 Å². The molecular weight excluding hydrogens is 204 g/mol. The van der Waals surface area contributed by atoms with Crippen molar-refractivity contribution in [2.45, 2.75) is 58.5 Å². The highest BCUT2D eigenvalue weighted by atomic mass is 16.2. The molecule has 1 aliphatic heterocycles. The van der Waals surface area contributed by atoms with E-state index in [-0.39, 0.29) is 24.4 Å². The van der Waals surface area contributed by atoms with E-state index in [1.807, 2.05) is 13.8 Å². The second kappa shape index (κ2) is 4.85. The molecule has 16 heavy (non-hydrogen) atoms. The molecule has 4 heteroatoms. The van der Waals surface area contributed by atoms with E-state index >= 15 is 0 Å². The smallest absolute Gasteiger partial charge is 0.248 e. The van der Waals surface area contributed by atoms with Gasteiger partial charge in [0.25, 0.3) is 0 Å². The average Bonchev–Trinajstić information content (AvgIpc) is 2.23. The summed E-state index contributed by atoms with van der Waals surface area (Å²) in [6.07, 6.45) is 2.60. The lowest BCUT2D eigenvalue weighted by molar-refractivity contribution is -0.151. The molecule has 0 aromatic heterocycles. The number of hydrogen-bond donors (Lipinski definition) is 1. The van der Waals surface area contributed by atoms with Crippen LogP contribution in [0.2, 0.25) is 0 Å². The number of nitrogens with one attached hydrogen (secondary N) is 1. The molecule has 1 N–H and O–H groups in total. The van der Waals surface area contributed by atoms with Gasteiger partial charge < -0.3 is 10.2 Å². The number of hydrogen-bond acceptors (Lipinski definition) is 2. The first-order chi connectivity index (χ1) is 7.44. The van der Waals surface area contributed by atoms with Crippen LogP contribution < -0.4 is 5.32 Å². The van der Waals surface area contributed by atoms with Crippen molar-refractivity contribution in [3.8, 4) is 0 Å². The third-order valence-electron chi connectivity index (χ3n) is 3.41. The van der Waals surface area contributed by atoms with Gasteiger partial charge in [0, 0.05) is 6.04 Å². The summed E-state index contributed by atoms with van der Waals surface area (Å²) in [5.41, 5.74) is -0.711. The fourth-order valence-corrected chi connectivity index (χ4v) is 2.11. The molecule has 1 rings (SSSR count). The Labute approximate surface area is 97.4 Å². The van der Waals surface area contributed by atoms with Crippen molar-refractivity contribution >= 4 is 11.8 Å². The largest absolute Gasteiger partial charge is 0.340 e. The van der Waals surface area contributed by atoms with Gasteiger partial charge in [0.1, 0.15) is 5.54 Å². The SMILES string of the molecule is CCCC(C)N1CC(=O)NC(C)(CC)C1=O. The molecule has 0 aliphatic carbocycles. The average molecular weight is 226 g/mol. The quantitative estimate of drug-likeness (QED) is 0.785. The van der Waals surface area contributed by atoms with Gasteiger partial charge in [0.05, 0.1) is 6.54 Å². The van der Waals surface area contributed by atoms with E-state index in [1.165, 1.54) is 0 Å². The Hall–Kier alpha value is -1.06. The summed E-state index contributed by atoms with van der Waals surface area (Å²) >= 11 is 0. The summed E-state index contributed by atoms with van der Waals surface area (Å²) in [5.74, 6) is 0.00227. The number of carbonyl (C=O) groups excluding carboxylic acids is 2. The highest BCUT2D eigenvalue weighted by Crippen LogP contribution is 2.20. The van der Waals surface area contributed by atoms with Crippen molar-refractivity contribution in [3.05, 3.63) is 0 Å². The molecule has 92 valence electrons. The Morgan fingerprint density at radius 1 is 1.44 bits per heavy atom. The zero-order valence-electron chi connectivity index (χ0n) is 10.7. The first-order valence-electron chi connectivity index (χ1n) is 6.06. The van der Waals surface area contributed by atoms with Crippen molar-refractivity contribution in [3.63, 3.8) is 0 Å². The fraction of sp³-hybridized carbons (Fsp3) is 0.833. The van der Waals surface area contributed by atoms with Gasteiger partial charge in [-0.1, -0.05) is 20.3 Å². The normalized spacial score (nSPS) is 27.9. The van der Waals surface area contributed by atoms with E-state index in [1.54, 1.807) is 11.8 Å². The maximum absolute atomic E-state index is 12.3. The number of piperazine rings is 1. The molecular formula is C12H22N2O2. The molecule has 0 saturated carbocycles. The molecule has 0 aromatic rings. The maximum Gasteiger partial charge on any atom is 0.248 e. The predicted molar refractivity (Wildman–Crippen MR) is 62.9 cm³/mol. The molecule has 2 amide bonds. The van der Waals surface area contributed by atoms with Gasteiger partial charge >= 0.3 is 0 Å². The molecule has 0 radical (unpaired) electrons. The van der Waals surface area contributed by atoms with Crippen LogP contribution in [0.15, 0.2) is 0 Å². The van der Waals surface area contributed by atoms with Crippen LogP contribution in [0.3, 0.4) is 0 Å². The zero-order chi connectivity index (χ0) is 12.3. The number of amides is 2. The molecule has 1 fully saturated rings. The van der Waals surface area contributed by atoms with Gasteiger partial charge in [-0.2, -0.15) is 0 Å². The molecule has 2 unspecified atom stereocenters. The van der Waals surface area contributed by atoms with E-state index < -0.39 is 5.54 Å². The van der Waals surface area contributed by atoms with Crippen LogP contribution >= 0.6 is 0 Å². The third kappa shape index (κ3) is 2.36. The predicted octanol–water partition coefficient (Wildman–Crippen LogP) is 1.30. The minimum Gasteiger partial charge on any atom is -0.340 e. The second-order valence-electron chi connectivity index (χ2n) is 4.80. The molecule has 0 aromatic carbocycles. The Bertz CT molecular complexity index is 291.